The van der Waals surface area contributed by atoms with Crippen LogP contribution in [-0.4, -0.2) is 9.78 Å². The molecule has 2 aromatic rings. The van der Waals surface area contributed by atoms with E-state index in [1.165, 1.54) is 5.56 Å². The van der Waals surface area contributed by atoms with E-state index in [1.807, 2.05) is 42.1 Å². The third-order valence-corrected chi connectivity index (χ3v) is 2.49. The fourth-order valence-corrected chi connectivity index (χ4v) is 1.40. The van der Waals surface area contributed by atoms with Crippen LogP contribution in [0.4, 0.5) is 0 Å². The van der Waals surface area contributed by atoms with Crippen molar-refractivity contribution >= 4 is 11.6 Å². The maximum Gasteiger partial charge on any atom is 0.0646 e. The molecule has 3 heteroatoms. The Morgan fingerprint density at radius 2 is 1.79 bits per heavy atom. The van der Waals surface area contributed by atoms with Crippen LogP contribution in [0, 0.1) is 13.8 Å². The predicted octanol–water partition coefficient (Wildman–Crippen LogP) is 3.14. The van der Waals surface area contributed by atoms with Gasteiger partial charge in [-0.2, -0.15) is 5.10 Å². The molecule has 0 amide bonds. The summed E-state index contributed by atoms with van der Waals surface area (Å²) in [7, 11) is 0. The number of halogens is 1. The predicted molar refractivity (Wildman–Crippen MR) is 58.0 cm³/mol. The zero-order chi connectivity index (χ0) is 10.1. The molecule has 14 heavy (non-hydrogen) atoms. The molecule has 0 saturated carbocycles. The Hall–Kier alpha value is -1.28. The molecule has 72 valence electrons. The van der Waals surface area contributed by atoms with Gasteiger partial charge in [0, 0.05) is 11.2 Å². The molecule has 0 fully saturated rings. The molecule has 2 rings (SSSR count). The highest BCUT2D eigenvalue weighted by atomic mass is 35.5. The van der Waals surface area contributed by atoms with Crippen molar-refractivity contribution in [2.45, 2.75) is 13.8 Å². The number of aryl methyl sites for hydroxylation is 2. The minimum absolute atomic E-state index is 0.745. The summed E-state index contributed by atoms with van der Waals surface area (Å²) >= 11 is 5.81. The maximum absolute atomic E-state index is 5.81. The third kappa shape index (κ3) is 1.66. The summed E-state index contributed by atoms with van der Waals surface area (Å²) in [4.78, 5) is 0. The highest BCUT2D eigenvalue weighted by Crippen LogP contribution is 2.14. The van der Waals surface area contributed by atoms with Crippen LogP contribution in [0.1, 0.15) is 11.3 Å². The molecule has 0 unspecified atom stereocenters. The Morgan fingerprint density at radius 3 is 2.29 bits per heavy atom. The Morgan fingerprint density at radius 1 is 1.14 bits per heavy atom. The lowest BCUT2D eigenvalue weighted by molar-refractivity contribution is 0.863. The van der Waals surface area contributed by atoms with Crippen molar-refractivity contribution in [2.75, 3.05) is 0 Å². The lowest BCUT2D eigenvalue weighted by Gasteiger charge is -1.99. The average molecular weight is 207 g/mol. The van der Waals surface area contributed by atoms with E-state index in [1.54, 1.807) is 0 Å². The third-order valence-electron chi connectivity index (χ3n) is 2.24. The smallest absolute Gasteiger partial charge is 0.0646 e. The first kappa shape index (κ1) is 9.28. The van der Waals surface area contributed by atoms with Gasteiger partial charge in [0.05, 0.1) is 11.4 Å². The van der Waals surface area contributed by atoms with Gasteiger partial charge in [0.1, 0.15) is 0 Å². The summed E-state index contributed by atoms with van der Waals surface area (Å²) in [6.07, 6.45) is 2.01. The highest BCUT2D eigenvalue weighted by molar-refractivity contribution is 6.30. The number of hydrogen-bond acceptors (Lipinski definition) is 1. The van der Waals surface area contributed by atoms with Crippen LogP contribution in [0.2, 0.25) is 5.02 Å². The Labute approximate surface area is 88.1 Å². The first-order valence-electron chi connectivity index (χ1n) is 4.45. The number of aromatic nitrogens is 2. The van der Waals surface area contributed by atoms with Gasteiger partial charge in [-0.1, -0.05) is 11.6 Å². The van der Waals surface area contributed by atoms with Crippen molar-refractivity contribution in [3.8, 4) is 5.69 Å². The molecule has 0 aliphatic heterocycles. The number of hydrogen-bond donors (Lipinski definition) is 0. The first-order chi connectivity index (χ1) is 6.66. The molecule has 1 aromatic heterocycles. The molecular formula is C11H11ClN2. The van der Waals surface area contributed by atoms with E-state index in [2.05, 4.69) is 12.0 Å². The summed E-state index contributed by atoms with van der Waals surface area (Å²) in [6.45, 7) is 4.05. The van der Waals surface area contributed by atoms with Gasteiger partial charge < -0.3 is 0 Å². The largest absolute Gasteiger partial charge is 0.240 e. The van der Waals surface area contributed by atoms with Crippen LogP contribution in [0.3, 0.4) is 0 Å². The van der Waals surface area contributed by atoms with E-state index in [4.69, 9.17) is 11.6 Å². The second-order valence-electron chi connectivity index (χ2n) is 3.32. The van der Waals surface area contributed by atoms with Crippen molar-refractivity contribution in [1.82, 2.24) is 9.78 Å². The average Bonchev–Trinajstić information content (AvgIpc) is 2.48. The van der Waals surface area contributed by atoms with E-state index in [9.17, 15) is 0 Å². The number of rotatable bonds is 1. The van der Waals surface area contributed by atoms with Crippen LogP contribution >= 0.6 is 11.6 Å². The SMILES string of the molecule is Cc1cn(-c2ccc(Cl)cc2)nc1C. The Kier molecular flexibility index (Phi) is 2.30. The van der Waals surface area contributed by atoms with Crippen molar-refractivity contribution in [1.29, 1.82) is 0 Å². The lowest BCUT2D eigenvalue weighted by atomic mass is 10.3. The van der Waals surface area contributed by atoms with Gasteiger partial charge in [-0.25, -0.2) is 4.68 Å². The van der Waals surface area contributed by atoms with Gasteiger partial charge in [0.25, 0.3) is 0 Å². The molecule has 0 atom stereocenters. The van der Waals surface area contributed by atoms with E-state index in [0.717, 1.165) is 16.4 Å². The summed E-state index contributed by atoms with van der Waals surface area (Å²) in [5.74, 6) is 0. The van der Waals surface area contributed by atoms with Crippen LogP contribution < -0.4 is 0 Å². The van der Waals surface area contributed by atoms with Crippen LogP contribution in [0.25, 0.3) is 5.69 Å². The molecule has 0 bridgehead atoms. The van der Waals surface area contributed by atoms with Crippen LogP contribution in [0.5, 0.6) is 0 Å². The van der Waals surface area contributed by atoms with E-state index in [0.29, 0.717) is 0 Å². The van der Waals surface area contributed by atoms with Gasteiger partial charge in [-0.05, 0) is 43.7 Å². The Balaban J connectivity index is 2.44. The van der Waals surface area contributed by atoms with E-state index < -0.39 is 0 Å². The minimum Gasteiger partial charge on any atom is -0.240 e. The summed E-state index contributed by atoms with van der Waals surface area (Å²) in [5, 5.41) is 5.13. The molecule has 0 N–H and O–H groups in total. The zero-order valence-electron chi connectivity index (χ0n) is 8.16. The molecule has 0 saturated heterocycles. The minimum atomic E-state index is 0.745. The van der Waals surface area contributed by atoms with Crippen molar-refractivity contribution in [3.05, 3.63) is 46.7 Å². The second kappa shape index (κ2) is 3.46. The molecular weight excluding hydrogens is 196 g/mol. The van der Waals surface area contributed by atoms with Crippen molar-refractivity contribution in [2.24, 2.45) is 0 Å². The van der Waals surface area contributed by atoms with E-state index in [-0.39, 0.29) is 0 Å². The fraction of sp³-hybridized carbons (Fsp3) is 0.182. The zero-order valence-corrected chi connectivity index (χ0v) is 8.92. The lowest BCUT2D eigenvalue weighted by Crippen LogP contribution is -1.93. The summed E-state index contributed by atoms with van der Waals surface area (Å²) in [6, 6.07) is 7.63. The van der Waals surface area contributed by atoms with Crippen LogP contribution in [0.15, 0.2) is 30.5 Å². The topological polar surface area (TPSA) is 17.8 Å². The van der Waals surface area contributed by atoms with Gasteiger partial charge in [0.15, 0.2) is 0 Å². The molecule has 2 nitrogen and oxygen atoms in total. The van der Waals surface area contributed by atoms with Gasteiger partial charge in [0.2, 0.25) is 0 Å². The molecule has 0 radical (unpaired) electrons. The molecule has 0 aliphatic carbocycles. The van der Waals surface area contributed by atoms with Gasteiger partial charge in [-0.15, -0.1) is 0 Å². The summed E-state index contributed by atoms with van der Waals surface area (Å²) in [5.41, 5.74) is 3.28. The van der Waals surface area contributed by atoms with Crippen molar-refractivity contribution < 1.29 is 0 Å². The second-order valence-corrected chi connectivity index (χ2v) is 3.75. The highest BCUT2D eigenvalue weighted by Gasteiger charge is 2.01. The monoisotopic (exact) mass is 206 g/mol. The fourth-order valence-electron chi connectivity index (χ4n) is 1.27. The number of benzene rings is 1. The Bertz CT molecular complexity index is 423. The van der Waals surface area contributed by atoms with Gasteiger partial charge in [-0.3, -0.25) is 0 Å². The van der Waals surface area contributed by atoms with E-state index >= 15 is 0 Å². The molecule has 1 aromatic carbocycles. The van der Waals surface area contributed by atoms with Gasteiger partial charge >= 0.3 is 0 Å². The quantitative estimate of drug-likeness (QED) is 0.701. The van der Waals surface area contributed by atoms with Crippen molar-refractivity contribution in [3.63, 3.8) is 0 Å². The standard InChI is InChI=1S/C11H11ClN2/c1-8-7-14(13-9(8)2)11-5-3-10(12)4-6-11/h3-7H,1-2H3. The first-order valence-corrected chi connectivity index (χ1v) is 4.83. The molecule has 0 spiro atoms. The molecule has 1 heterocycles. The normalized spacial score (nSPS) is 10.5. The number of nitrogens with zero attached hydrogens (tertiary/aromatic N) is 2. The maximum atomic E-state index is 5.81. The van der Waals surface area contributed by atoms with Crippen LogP contribution in [-0.2, 0) is 0 Å². The molecule has 0 aliphatic rings. The summed E-state index contributed by atoms with van der Waals surface area (Å²) < 4.78 is 1.86.